The fourth-order valence-corrected chi connectivity index (χ4v) is 2.26. The van der Waals surface area contributed by atoms with Crippen LogP contribution in [0.15, 0.2) is 0 Å². The summed E-state index contributed by atoms with van der Waals surface area (Å²) < 4.78 is 0. The molecule has 1 aliphatic rings. The standard InChI is InChI=1S/C13H24N2O3/c1-9(2)7-10(13(17)18)8-15-12(16)11-5-3-4-6-14-11/h9-11,14H,3-8H2,1-2H3,(H,15,16)(H,17,18)/t10?,11-/m1/s1. The molecule has 1 fully saturated rings. The van der Waals surface area contributed by atoms with Crippen molar-refractivity contribution < 1.29 is 14.7 Å². The average Bonchev–Trinajstić information content (AvgIpc) is 2.34. The van der Waals surface area contributed by atoms with Gasteiger partial charge in [-0.05, 0) is 31.7 Å². The molecule has 104 valence electrons. The Labute approximate surface area is 108 Å². The molecule has 5 nitrogen and oxygen atoms in total. The fraction of sp³-hybridized carbons (Fsp3) is 0.846. The summed E-state index contributed by atoms with van der Waals surface area (Å²) in [4.78, 5) is 22.9. The van der Waals surface area contributed by atoms with E-state index in [0.29, 0.717) is 12.3 Å². The molecule has 1 saturated heterocycles. The molecule has 18 heavy (non-hydrogen) atoms. The molecule has 1 heterocycles. The van der Waals surface area contributed by atoms with Crippen molar-refractivity contribution in [2.45, 2.75) is 45.6 Å². The molecule has 3 N–H and O–H groups in total. The lowest BCUT2D eigenvalue weighted by Gasteiger charge is -2.23. The third-order valence-electron chi connectivity index (χ3n) is 3.25. The first-order chi connectivity index (χ1) is 8.50. The largest absolute Gasteiger partial charge is 0.481 e. The first-order valence-corrected chi connectivity index (χ1v) is 6.74. The first-order valence-electron chi connectivity index (χ1n) is 6.74. The Morgan fingerprint density at radius 3 is 2.61 bits per heavy atom. The minimum absolute atomic E-state index is 0.0651. The third kappa shape index (κ3) is 5.04. The number of rotatable bonds is 6. The Bertz CT molecular complexity index is 286. The van der Waals surface area contributed by atoms with E-state index in [2.05, 4.69) is 10.6 Å². The smallest absolute Gasteiger partial charge is 0.308 e. The van der Waals surface area contributed by atoms with Gasteiger partial charge in [-0.2, -0.15) is 0 Å². The summed E-state index contributed by atoms with van der Waals surface area (Å²) in [6.45, 7) is 5.07. The molecule has 5 heteroatoms. The summed E-state index contributed by atoms with van der Waals surface area (Å²) in [7, 11) is 0. The van der Waals surface area contributed by atoms with Gasteiger partial charge in [0.25, 0.3) is 0 Å². The summed E-state index contributed by atoms with van der Waals surface area (Å²) in [5, 5.41) is 15.0. The lowest BCUT2D eigenvalue weighted by molar-refractivity contribution is -0.142. The van der Waals surface area contributed by atoms with Gasteiger partial charge in [0.15, 0.2) is 0 Å². The molecule has 0 aliphatic carbocycles. The normalized spacial score (nSPS) is 21.6. The zero-order valence-electron chi connectivity index (χ0n) is 11.2. The van der Waals surface area contributed by atoms with Crippen LogP contribution in [0.5, 0.6) is 0 Å². The van der Waals surface area contributed by atoms with Crippen LogP contribution < -0.4 is 10.6 Å². The van der Waals surface area contributed by atoms with Crippen LogP contribution in [-0.4, -0.2) is 36.1 Å². The Morgan fingerprint density at radius 2 is 2.11 bits per heavy atom. The molecule has 1 aliphatic heterocycles. The Kier molecular flexibility index (Phi) is 6.12. The first kappa shape index (κ1) is 15.0. The van der Waals surface area contributed by atoms with Crippen molar-refractivity contribution in [3.8, 4) is 0 Å². The summed E-state index contributed by atoms with van der Waals surface area (Å²) in [6.07, 6.45) is 3.59. The van der Waals surface area contributed by atoms with Gasteiger partial charge >= 0.3 is 5.97 Å². The number of aliphatic carboxylic acids is 1. The monoisotopic (exact) mass is 256 g/mol. The highest BCUT2D eigenvalue weighted by Crippen LogP contribution is 2.12. The van der Waals surface area contributed by atoms with E-state index >= 15 is 0 Å². The summed E-state index contributed by atoms with van der Waals surface area (Å²) in [6, 6.07) is -0.146. The van der Waals surface area contributed by atoms with Crippen molar-refractivity contribution >= 4 is 11.9 Å². The number of piperidine rings is 1. The van der Waals surface area contributed by atoms with Gasteiger partial charge in [-0.3, -0.25) is 9.59 Å². The molecule has 1 rings (SSSR count). The van der Waals surface area contributed by atoms with Crippen molar-refractivity contribution in [1.29, 1.82) is 0 Å². The van der Waals surface area contributed by atoms with Crippen LogP contribution in [0.2, 0.25) is 0 Å². The van der Waals surface area contributed by atoms with E-state index in [1.54, 1.807) is 0 Å². The summed E-state index contributed by atoms with van der Waals surface area (Å²) in [5.74, 6) is -1.07. The molecular weight excluding hydrogens is 232 g/mol. The van der Waals surface area contributed by atoms with Crippen molar-refractivity contribution in [3.05, 3.63) is 0 Å². The van der Waals surface area contributed by atoms with Crippen LogP contribution in [0.4, 0.5) is 0 Å². The summed E-state index contributed by atoms with van der Waals surface area (Å²) >= 11 is 0. The molecule has 1 amide bonds. The molecular formula is C13H24N2O3. The van der Waals surface area contributed by atoms with Crippen LogP contribution in [0, 0.1) is 11.8 Å². The zero-order chi connectivity index (χ0) is 13.5. The van der Waals surface area contributed by atoms with Crippen molar-refractivity contribution in [2.75, 3.05) is 13.1 Å². The average molecular weight is 256 g/mol. The maximum absolute atomic E-state index is 11.8. The Balaban J connectivity index is 2.36. The zero-order valence-corrected chi connectivity index (χ0v) is 11.2. The van der Waals surface area contributed by atoms with Crippen LogP contribution in [0.25, 0.3) is 0 Å². The molecule has 1 unspecified atom stereocenters. The van der Waals surface area contributed by atoms with Crippen molar-refractivity contribution in [1.82, 2.24) is 10.6 Å². The Morgan fingerprint density at radius 1 is 1.39 bits per heavy atom. The van der Waals surface area contributed by atoms with Gasteiger partial charge in [-0.1, -0.05) is 20.3 Å². The molecule has 0 bridgehead atoms. The molecule has 0 radical (unpaired) electrons. The number of amides is 1. The van der Waals surface area contributed by atoms with E-state index < -0.39 is 11.9 Å². The molecule has 2 atom stereocenters. The van der Waals surface area contributed by atoms with E-state index in [9.17, 15) is 9.59 Å². The van der Waals surface area contributed by atoms with Gasteiger partial charge in [0.2, 0.25) is 5.91 Å². The van der Waals surface area contributed by atoms with Gasteiger partial charge < -0.3 is 15.7 Å². The Hall–Kier alpha value is -1.10. The highest BCUT2D eigenvalue weighted by Gasteiger charge is 2.23. The van der Waals surface area contributed by atoms with Crippen molar-refractivity contribution in [3.63, 3.8) is 0 Å². The van der Waals surface area contributed by atoms with E-state index in [1.807, 2.05) is 13.8 Å². The van der Waals surface area contributed by atoms with Crippen LogP contribution in [0.3, 0.4) is 0 Å². The number of carboxylic acid groups (broad SMARTS) is 1. The fourth-order valence-electron chi connectivity index (χ4n) is 2.26. The van der Waals surface area contributed by atoms with Crippen LogP contribution in [0.1, 0.15) is 39.5 Å². The molecule has 0 aromatic carbocycles. The maximum atomic E-state index is 11.8. The second kappa shape index (κ2) is 7.36. The van der Waals surface area contributed by atoms with Crippen LogP contribution >= 0.6 is 0 Å². The molecule has 0 aromatic rings. The quantitative estimate of drug-likeness (QED) is 0.662. The highest BCUT2D eigenvalue weighted by atomic mass is 16.4. The van der Waals surface area contributed by atoms with E-state index in [0.717, 1.165) is 25.8 Å². The van der Waals surface area contributed by atoms with Crippen molar-refractivity contribution in [2.24, 2.45) is 11.8 Å². The predicted octanol–water partition coefficient (Wildman–Crippen LogP) is 0.992. The number of carbonyl (C=O) groups excluding carboxylic acids is 1. The molecule has 0 saturated carbocycles. The second-order valence-corrected chi connectivity index (χ2v) is 5.41. The van der Waals surface area contributed by atoms with E-state index in [4.69, 9.17) is 5.11 Å². The number of nitrogens with one attached hydrogen (secondary N) is 2. The minimum atomic E-state index is -0.833. The molecule has 0 spiro atoms. The number of carbonyl (C=O) groups is 2. The third-order valence-corrected chi connectivity index (χ3v) is 3.25. The molecule has 0 aromatic heterocycles. The SMILES string of the molecule is CC(C)CC(CNC(=O)[C@H]1CCCCN1)C(=O)O. The topological polar surface area (TPSA) is 78.4 Å². The maximum Gasteiger partial charge on any atom is 0.308 e. The minimum Gasteiger partial charge on any atom is -0.481 e. The second-order valence-electron chi connectivity index (χ2n) is 5.41. The van der Waals surface area contributed by atoms with E-state index in [1.165, 1.54) is 0 Å². The lowest BCUT2D eigenvalue weighted by Crippen LogP contribution is -2.48. The number of hydrogen-bond acceptors (Lipinski definition) is 3. The van der Waals surface area contributed by atoms with Gasteiger partial charge in [-0.25, -0.2) is 0 Å². The highest BCUT2D eigenvalue weighted by molar-refractivity contribution is 5.82. The van der Waals surface area contributed by atoms with Crippen LogP contribution in [-0.2, 0) is 9.59 Å². The summed E-state index contributed by atoms with van der Waals surface area (Å²) in [5.41, 5.74) is 0. The van der Waals surface area contributed by atoms with Gasteiger partial charge in [0.1, 0.15) is 0 Å². The van der Waals surface area contributed by atoms with Gasteiger partial charge in [-0.15, -0.1) is 0 Å². The lowest BCUT2D eigenvalue weighted by atomic mass is 9.97. The number of hydrogen-bond donors (Lipinski definition) is 3. The number of carboxylic acids is 1. The van der Waals surface area contributed by atoms with Gasteiger partial charge in [0, 0.05) is 6.54 Å². The predicted molar refractivity (Wildman–Crippen MR) is 69.2 cm³/mol. The van der Waals surface area contributed by atoms with E-state index in [-0.39, 0.29) is 18.5 Å². The van der Waals surface area contributed by atoms with Gasteiger partial charge in [0.05, 0.1) is 12.0 Å².